The molecule has 370 valence electrons. The lowest BCUT2D eigenvalue weighted by atomic mass is 9.82. The van der Waals surface area contributed by atoms with Crippen LogP contribution in [-0.2, 0) is 5.41 Å². The molecule has 1 aliphatic rings. The van der Waals surface area contributed by atoms with Crippen LogP contribution in [0.15, 0.2) is 269 Å². The van der Waals surface area contributed by atoms with E-state index in [0.717, 1.165) is 28.2 Å². The number of aryl methyl sites for hydroxylation is 3. The Hall–Kier alpha value is -9.04. The van der Waals surface area contributed by atoms with Crippen LogP contribution in [0.1, 0.15) is 59.7 Å². The second-order valence-electron chi connectivity index (χ2n) is 20.2. The van der Waals surface area contributed by atoms with Crippen molar-refractivity contribution in [1.29, 1.82) is 0 Å². The molecule has 0 aromatic heterocycles. The van der Waals surface area contributed by atoms with Gasteiger partial charge >= 0.3 is 0 Å². The summed E-state index contributed by atoms with van der Waals surface area (Å²) in [5.41, 5.74) is 24.6. The first kappa shape index (κ1) is 50.5. The van der Waals surface area contributed by atoms with Gasteiger partial charge in [-0.05, 0) is 175 Å². The number of benzene rings is 10. The molecule has 10 aromatic rings. The summed E-state index contributed by atoms with van der Waals surface area (Å²) in [7, 11) is 0. The molecule has 0 unspecified atom stereocenters. The maximum absolute atomic E-state index is 4.04. The van der Waals surface area contributed by atoms with Gasteiger partial charge in [0.2, 0.25) is 0 Å². The van der Waals surface area contributed by atoms with Crippen molar-refractivity contribution < 1.29 is 0 Å². The zero-order chi connectivity index (χ0) is 52.9. The van der Waals surface area contributed by atoms with E-state index in [1.165, 1.54) is 105 Å². The molecule has 0 N–H and O–H groups in total. The van der Waals surface area contributed by atoms with Crippen LogP contribution in [-0.4, -0.2) is 0 Å². The highest BCUT2D eigenvalue weighted by Gasteiger charge is 2.35. The molecule has 0 radical (unpaired) electrons. The van der Waals surface area contributed by atoms with Gasteiger partial charge in [0.15, 0.2) is 0 Å². The van der Waals surface area contributed by atoms with E-state index in [1.807, 2.05) is 31.2 Å². The number of rotatable bonds is 12. The Labute approximate surface area is 451 Å². The molecule has 1 nitrogen and oxygen atoms in total. The average molecular weight is 980 g/mol. The third-order valence-corrected chi connectivity index (χ3v) is 15.2. The molecule has 0 atom stereocenters. The van der Waals surface area contributed by atoms with Crippen LogP contribution in [0.3, 0.4) is 0 Å². The van der Waals surface area contributed by atoms with E-state index >= 15 is 0 Å². The molecule has 0 aliphatic heterocycles. The Balaban J connectivity index is 0.000000206. The third kappa shape index (κ3) is 9.53. The van der Waals surface area contributed by atoms with Gasteiger partial charge in [0.05, 0.1) is 5.69 Å². The lowest BCUT2D eigenvalue weighted by Gasteiger charge is -2.29. The maximum Gasteiger partial charge on any atom is 0.0540 e. The van der Waals surface area contributed by atoms with Crippen molar-refractivity contribution in [1.82, 2.24) is 0 Å². The first-order valence-corrected chi connectivity index (χ1v) is 26.4. The molecule has 76 heavy (non-hydrogen) atoms. The molecular formula is C75H65N. The van der Waals surface area contributed by atoms with E-state index in [4.69, 9.17) is 0 Å². The average Bonchev–Trinajstić information content (AvgIpc) is 3.72. The number of fused-ring (bicyclic) bond motifs is 5. The van der Waals surface area contributed by atoms with Gasteiger partial charge in [0.1, 0.15) is 0 Å². The second kappa shape index (κ2) is 21.8. The van der Waals surface area contributed by atoms with E-state index < -0.39 is 0 Å². The summed E-state index contributed by atoms with van der Waals surface area (Å²) in [5, 5.41) is 5.00. The van der Waals surface area contributed by atoms with Gasteiger partial charge in [-0.2, -0.15) is 0 Å². The van der Waals surface area contributed by atoms with E-state index in [0.29, 0.717) is 0 Å². The fourth-order valence-corrected chi connectivity index (χ4v) is 11.4. The normalized spacial score (nSPS) is 12.7. The molecule has 0 saturated carbocycles. The maximum atomic E-state index is 4.04. The predicted octanol–water partition coefficient (Wildman–Crippen LogP) is 21.3. The topological polar surface area (TPSA) is 3.24 Å². The Kier molecular flexibility index (Phi) is 14.5. The van der Waals surface area contributed by atoms with E-state index in [2.05, 4.69) is 284 Å². The van der Waals surface area contributed by atoms with Gasteiger partial charge in [-0.25, -0.2) is 0 Å². The molecule has 0 spiro atoms. The van der Waals surface area contributed by atoms with Crippen LogP contribution in [0.2, 0.25) is 0 Å². The largest absolute Gasteiger partial charge is 0.310 e. The summed E-state index contributed by atoms with van der Waals surface area (Å²) < 4.78 is 0. The van der Waals surface area contributed by atoms with Crippen LogP contribution in [0.25, 0.3) is 77.2 Å². The Morgan fingerprint density at radius 3 is 1.75 bits per heavy atom. The third-order valence-electron chi connectivity index (χ3n) is 15.2. The van der Waals surface area contributed by atoms with Crippen molar-refractivity contribution in [2.45, 2.75) is 47.0 Å². The van der Waals surface area contributed by atoms with Crippen molar-refractivity contribution in [3.8, 4) is 44.5 Å². The highest BCUT2D eigenvalue weighted by molar-refractivity contribution is 6.11. The van der Waals surface area contributed by atoms with Crippen LogP contribution in [0.5, 0.6) is 0 Å². The van der Waals surface area contributed by atoms with Gasteiger partial charge in [-0.3, -0.25) is 0 Å². The first-order chi connectivity index (χ1) is 37.1. The van der Waals surface area contributed by atoms with Gasteiger partial charge in [0.25, 0.3) is 0 Å². The van der Waals surface area contributed by atoms with E-state index in [-0.39, 0.29) is 5.41 Å². The predicted molar refractivity (Wildman–Crippen MR) is 332 cm³/mol. The number of hydrogen-bond donors (Lipinski definition) is 0. The van der Waals surface area contributed by atoms with Crippen molar-refractivity contribution >= 4 is 49.8 Å². The first-order valence-electron chi connectivity index (χ1n) is 26.4. The van der Waals surface area contributed by atoms with Crippen molar-refractivity contribution in [2.24, 2.45) is 0 Å². The molecular weight excluding hydrogens is 915 g/mol. The number of allylic oxidation sites excluding steroid dienone is 9. The number of nitrogens with zero attached hydrogens (tertiary/aromatic N) is 1. The highest BCUT2D eigenvalue weighted by Crippen LogP contribution is 2.51. The number of anilines is 3. The summed E-state index contributed by atoms with van der Waals surface area (Å²) in [6.45, 7) is 25.1. The van der Waals surface area contributed by atoms with Crippen molar-refractivity contribution in [3.05, 3.63) is 307 Å². The monoisotopic (exact) mass is 980 g/mol. The minimum Gasteiger partial charge on any atom is -0.310 e. The lowest BCUT2D eigenvalue weighted by Crippen LogP contribution is -2.15. The Bertz CT molecular complexity index is 3930. The van der Waals surface area contributed by atoms with E-state index in [1.54, 1.807) is 0 Å². The highest BCUT2D eigenvalue weighted by atomic mass is 15.1. The summed E-state index contributed by atoms with van der Waals surface area (Å²) in [5.74, 6) is 0. The standard InChI is InChI=1S/C48H39N.C27H26/c1-6-14-33(7-2)34-22-24-35(25-23-34)49(36-26-29-46-44(31-36)42-18-12-13-20-45(42)48(46,4)5)47-30-28-41(39-17-10-11-19-43(39)47)40-27-21-32(3)37-15-8-9-16-38(37)40;1-5-11-23(12-6-2)25-16-10-13-21(4)27(25)26-19-24(18-17-20(26)3)22-14-8-7-9-15-22/h6-31H,1-2H2,3-5H3;5-19H,1H2,2-4H3/b33-14+;12-6-,23-11+. The lowest BCUT2D eigenvalue weighted by molar-refractivity contribution is 0.660. The fraction of sp³-hybridized carbons (Fsp3) is 0.0933. The van der Waals surface area contributed by atoms with Crippen LogP contribution in [0.4, 0.5) is 17.1 Å². The summed E-state index contributed by atoms with van der Waals surface area (Å²) >= 11 is 0. The van der Waals surface area contributed by atoms with Crippen LogP contribution in [0, 0.1) is 20.8 Å². The molecule has 0 amide bonds. The molecule has 11 rings (SSSR count). The van der Waals surface area contributed by atoms with Crippen molar-refractivity contribution in [3.63, 3.8) is 0 Å². The second-order valence-corrected chi connectivity index (χ2v) is 20.2. The number of hydrogen-bond acceptors (Lipinski definition) is 1. The molecule has 0 fully saturated rings. The van der Waals surface area contributed by atoms with Gasteiger partial charge in [-0.15, -0.1) is 0 Å². The minimum atomic E-state index is -0.0549. The molecule has 1 heteroatoms. The fourth-order valence-electron chi connectivity index (χ4n) is 11.4. The zero-order valence-corrected chi connectivity index (χ0v) is 44.7. The smallest absolute Gasteiger partial charge is 0.0540 e. The summed E-state index contributed by atoms with van der Waals surface area (Å²) in [6.07, 6.45) is 13.9. The van der Waals surface area contributed by atoms with Crippen molar-refractivity contribution in [2.75, 3.05) is 4.90 Å². The van der Waals surface area contributed by atoms with Gasteiger partial charge in [0, 0.05) is 22.2 Å². The SMILES string of the molecule is C=C/C=C(\C=C)c1ccc(N(c2ccc3c(c2)-c2ccccc2C3(C)C)c2ccc(-c3ccc(C)c4ccccc34)c3ccccc23)cc1.C=C/C=C(\C=C/C)c1cccc(C)c1-c1cc(-c2ccccc2)ccc1C. The van der Waals surface area contributed by atoms with Gasteiger partial charge < -0.3 is 4.90 Å². The summed E-state index contributed by atoms with van der Waals surface area (Å²) in [6, 6.07) is 75.2. The van der Waals surface area contributed by atoms with Gasteiger partial charge in [-0.1, -0.05) is 246 Å². The quantitative estimate of drug-likeness (QED) is 0.110. The molecule has 1 aliphatic carbocycles. The minimum absolute atomic E-state index is 0.0549. The molecule has 0 saturated heterocycles. The van der Waals surface area contributed by atoms with E-state index in [9.17, 15) is 0 Å². The molecule has 0 bridgehead atoms. The Morgan fingerprint density at radius 1 is 0.434 bits per heavy atom. The summed E-state index contributed by atoms with van der Waals surface area (Å²) in [4.78, 5) is 2.42. The Morgan fingerprint density at radius 2 is 1.04 bits per heavy atom. The molecule has 10 aromatic carbocycles. The van der Waals surface area contributed by atoms with Crippen LogP contribution >= 0.6 is 0 Å². The molecule has 0 heterocycles. The zero-order valence-electron chi connectivity index (χ0n) is 44.7. The van der Waals surface area contributed by atoms with Crippen LogP contribution < -0.4 is 4.90 Å².